The zero-order valence-electron chi connectivity index (χ0n) is 19.0. The van der Waals surface area contributed by atoms with Crippen molar-refractivity contribution < 1.29 is 19.5 Å². The van der Waals surface area contributed by atoms with Crippen LogP contribution in [0.4, 0.5) is 4.79 Å². The van der Waals surface area contributed by atoms with Crippen LogP contribution >= 0.6 is 0 Å². The Bertz CT molecular complexity index is 987. The van der Waals surface area contributed by atoms with E-state index in [4.69, 9.17) is 0 Å². The van der Waals surface area contributed by atoms with Crippen LogP contribution in [0, 0.1) is 28.6 Å². The molecule has 5 fully saturated rings. The Morgan fingerprint density at radius 2 is 1.73 bits per heavy atom. The van der Waals surface area contributed by atoms with Gasteiger partial charge in [0.1, 0.15) is 0 Å². The van der Waals surface area contributed by atoms with E-state index in [9.17, 15) is 19.5 Å². The number of carbonyl (C=O) groups excluding carboxylic acids is 2. The molecule has 33 heavy (non-hydrogen) atoms. The van der Waals surface area contributed by atoms with Gasteiger partial charge in [0.2, 0.25) is 5.91 Å². The van der Waals surface area contributed by atoms with E-state index in [0.717, 1.165) is 38.5 Å². The maximum Gasteiger partial charge on any atom is 0.317 e. The third kappa shape index (κ3) is 3.51. The van der Waals surface area contributed by atoms with Crippen molar-refractivity contribution in [2.75, 3.05) is 13.1 Å². The van der Waals surface area contributed by atoms with Gasteiger partial charge in [0.05, 0.1) is 10.8 Å². The number of aliphatic carboxylic acids is 1. The van der Waals surface area contributed by atoms with Crippen molar-refractivity contribution in [2.24, 2.45) is 28.6 Å². The van der Waals surface area contributed by atoms with Gasteiger partial charge < -0.3 is 20.6 Å². The summed E-state index contributed by atoms with van der Waals surface area (Å²) >= 11 is 0. The molecule has 1 aliphatic heterocycles. The average molecular weight is 452 g/mol. The summed E-state index contributed by atoms with van der Waals surface area (Å²) in [5.74, 6) is 0.447. The Morgan fingerprint density at radius 3 is 2.39 bits per heavy atom. The number of nitrogens with one attached hydrogen (secondary N) is 2. The lowest BCUT2D eigenvalue weighted by Gasteiger charge is -2.58. The minimum absolute atomic E-state index is 0.0497. The van der Waals surface area contributed by atoms with E-state index in [0.29, 0.717) is 38.4 Å². The molecule has 1 aromatic rings. The molecule has 2 unspecified atom stereocenters. The Hall–Kier alpha value is -2.57. The zero-order valence-corrected chi connectivity index (χ0v) is 19.0. The van der Waals surface area contributed by atoms with E-state index in [-0.39, 0.29) is 29.8 Å². The number of carboxylic acid groups (broad SMARTS) is 1. The maximum atomic E-state index is 13.3. The number of nitrogens with zero attached hydrogens (tertiary/aromatic N) is 1. The standard InChI is InChI=1S/C26H33N3O4/c30-22(28-21-19-9-16-10-20(21)13-26(11-16,12-19)23(31)32)25(6-7-25)15-27-24(33)29-8-5-17-3-1-2-4-18(17)14-29/h1-4,16,19-21H,5-15H2,(H,27,33)(H,28,30)(H,31,32). The van der Waals surface area contributed by atoms with Gasteiger partial charge in [-0.2, -0.15) is 0 Å². The molecule has 1 aromatic carbocycles. The Morgan fingerprint density at radius 1 is 1.03 bits per heavy atom. The Labute approximate surface area is 194 Å². The minimum Gasteiger partial charge on any atom is -0.481 e. The highest BCUT2D eigenvalue weighted by atomic mass is 16.4. The molecule has 0 aromatic heterocycles. The van der Waals surface area contributed by atoms with Crippen LogP contribution in [0.25, 0.3) is 0 Å². The van der Waals surface area contributed by atoms with E-state index in [1.807, 2.05) is 17.0 Å². The molecule has 176 valence electrons. The highest BCUT2D eigenvalue weighted by Crippen LogP contribution is 2.60. The normalized spacial score (nSPS) is 35.0. The molecule has 6 aliphatic rings. The van der Waals surface area contributed by atoms with E-state index >= 15 is 0 Å². The summed E-state index contributed by atoms with van der Waals surface area (Å²) in [7, 11) is 0. The van der Waals surface area contributed by atoms with E-state index in [1.165, 1.54) is 11.1 Å². The number of fused-ring (bicyclic) bond motifs is 1. The molecule has 0 saturated heterocycles. The number of hydrogen-bond acceptors (Lipinski definition) is 3. The summed E-state index contributed by atoms with van der Waals surface area (Å²) in [5.41, 5.74) is 1.44. The van der Waals surface area contributed by atoms with Crippen LogP contribution in [-0.2, 0) is 22.6 Å². The molecular weight excluding hydrogens is 418 g/mol. The Kier molecular flexibility index (Phi) is 4.75. The molecule has 0 spiro atoms. The summed E-state index contributed by atoms with van der Waals surface area (Å²) in [6.45, 7) is 1.68. The largest absolute Gasteiger partial charge is 0.481 e. The topological polar surface area (TPSA) is 98.7 Å². The first-order valence-electron chi connectivity index (χ1n) is 12.5. The van der Waals surface area contributed by atoms with Crippen LogP contribution in [0.2, 0.25) is 0 Å². The summed E-state index contributed by atoms with van der Waals surface area (Å²) in [4.78, 5) is 39.9. The van der Waals surface area contributed by atoms with Gasteiger partial charge in [-0.25, -0.2) is 4.79 Å². The number of hydrogen-bond donors (Lipinski definition) is 3. The molecule has 7 heteroatoms. The number of urea groups is 1. The molecule has 7 rings (SSSR count). The highest BCUT2D eigenvalue weighted by molar-refractivity contribution is 5.87. The second-order valence-corrected chi connectivity index (χ2v) is 11.4. The summed E-state index contributed by atoms with van der Waals surface area (Å²) in [6, 6.07) is 8.23. The van der Waals surface area contributed by atoms with E-state index in [2.05, 4.69) is 22.8 Å². The average Bonchev–Trinajstić information content (AvgIpc) is 3.60. The number of benzene rings is 1. The molecule has 7 nitrogen and oxygen atoms in total. The molecule has 5 saturated carbocycles. The van der Waals surface area contributed by atoms with Crippen molar-refractivity contribution in [2.45, 2.75) is 64.0 Å². The molecule has 4 bridgehead atoms. The van der Waals surface area contributed by atoms with E-state index < -0.39 is 16.8 Å². The van der Waals surface area contributed by atoms with Gasteiger partial charge in [0.15, 0.2) is 0 Å². The Balaban J connectivity index is 1.06. The van der Waals surface area contributed by atoms with Crippen LogP contribution in [0.5, 0.6) is 0 Å². The first-order chi connectivity index (χ1) is 15.9. The zero-order chi connectivity index (χ0) is 22.8. The van der Waals surface area contributed by atoms with Crippen molar-refractivity contribution in [1.82, 2.24) is 15.5 Å². The fourth-order valence-corrected chi connectivity index (χ4v) is 7.49. The van der Waals surface area contributed by atoms with Gasteiger partial charge in [-0.05, 0) is 80.2 Å². The van der Waals surface area contributed by atoms with Gasteiger partial charge in [0, 0.05) is 25.7 Å². The van der Waals surface area contributed by atoms with Gasteiger partial charge in [-0.1, -0.05) is 24.3 Å². The lowest BCUT2D eigenvalue weighted by atomic mass is 9.48. The van der Waals surface area contributed by atoms with Gasteiger partial charge in [-0.15, -0.1) is 0 Å². The molecule has 2 atom stereocenters. The smallest absolute Gasteiger partial charge is 0.317 e. The first kappa shape index (κ1) is 21.0. The summed E-state index contributed by atoms with van der Waals surface area (Å²) < 4.78 is 0. The fraction of sp³-hybridized carbons (Fsp3) is 0.654. The first-order valence-corrected chi connectivity index (χ1v) is 12.5. The van der Waals surface area contributed by atoms with Crippen molar-refractivity contribution >= 4 is 17.9 Å². The number of amides is 3. The maximum absolute atomic E-state index is 13.3. The molecule has 5 aliphatic carbocycles. The summed E-state index contributed by atoms with van der Waals surface area (Å²) in [6.07, 6.45) is 6.73. The number of carboxylic acids is 1. The van der Waals surface area contributed by atoms with Crippen LogP contribution in [0.3, 0.4) is 0 Å². The fourth-order valence-electron chi connectivity index (χ4n) is 7.49. The quantitative estimate of drug-likeness (QED) is 0.641. The number of rotatable bonds is 5. The second kappa shape index (κ2) is 7.47. The summed E-state index contributed by atoms with van der Waals surface area (Å²) in [5, 5.41) is 16.2. The van der Waals surface area contributed by atoms with Crippen molar-refractivity contribution in [3.63, 3.8) is 0 Å². The number of carbonyl (C=O) groups is 3. The van der Waals surface area contributed by atoms with Gasteiger partial charge in [-0.3, -0.25) is 9.59 Å². The van der Waals surface area contributed by atoms with Crippen LogP contribution in [0.1, 0.15) is 56.1 Å². The molecule has 3 amide bonds. The third-order valence-electron chi connectivity index (χ3n) is 9.36. The van der Waals surface area contributed by atoms with Crippen LogP contribution < -0.4 is 10.6 Å². The predicted octanol–water partition coefficient (Wildman–Crippen LogP) is 2.93. The SMILES string of the molecule is O=C(NCC1(C(=O)NC2C3CC4CC2CC(C(=O)O)(C4)C3)CC1)N1CCc2ccccc2C1. The predicted molar refractivity (Wildman–Crippen MR) is 121 cm³/mol. The highest BCUT2D eigenvalue weighted by Gasteiger charge is 2.60. The van der Waals surface area contributed by atoms with Gasteiger partial charge in [0.25, 0.3) is 0 Å². The van der Waals surface area contributed by atoms with Crippen molar-refractivity contribution in [1.29, 1.82) is 0 Å². The molecule has 3 N–H and O–H groups in total. The van der Waals surface area contributed by atoms with Crippen molar-refractivity contribution in [3.8, 4) is 0 Å². The molecular formula is C26H33N3O4. The monoisotopic (exact) mass is 451 g/mol. The third-order valence-corrected chi connectivity index (χ3v) is 9.36. The lowest BCUT2D eigenvalue weighted by Crippen LogP contribution is -2.62. The lowest BCUT2D eigenvalue weighted by molar-refractivity contribution is -0.168. The van der Waals surface area contributed by atoms with Crippen LogP contribution in [-0.4, -0.2) is 47.0 Å². The van der Waals surface area contributed by atoms with Crippen LogP contribution in [0.15, 0.2) is 24.3 Å². The molecule has 0 radical (unpaired) electrons. The van der Waals surface area contributed by atoms with E-state index in [1.54, 1.807) is 0 Å². The van der Waals surface area contributed by atoms with Gasteiger partial charge >= 0.3 is 12.0 Å². The van der Waals surface area contributed by atoms with Crippen molar-refractivity contribution in [3.05, 3.63) is 35.4 Å². The second-order valence-electron chi connectivity index (χ2n) is 11.4. The minimum atomic E-state index is -0.645. The molecule has 1 heterocycles.